The van der Waals surface area contributed by atoms with Crippen molar-refractivity contribution in [1.82, 2.24) is 10.2 Å². The number of nitrogens with two attached hydrogens (primary N) is 1. The van der Waals surface area contributed by atoms with Crippen LogP contribution in [0.1, 0.15) is 51.9 Å². The largest absolute Gasteiger partial charge is 0.381 e. The van der Waals surface area contributed by atoms with Crippen LogP contribution < -0.4 is 11.1 Å². The number of hydrogen-bond donors (Lipinski definition) is 2. The van der Waals surface area contributed by atoms with Crippen LogP contribution in [0.2, 0.25) is 0 Å². The van der Waals surface area contributed by atoms with E-state index in [9.17, 15) is 4.79 Å². The number of rotatable bonds is 6. The molecule has 0 bridgehead atoms. The highest BCUT2D eigenvalue weighted by Crippen LogP contribution is 2.30. The molecule has 3 N–H and O–H groups in total. The van der Waals surface area contributed by atoms with E-state index in [0.717, 1.165) is 52.0 Å². The lowest BCUT2D eigenvalue weighted by Gasteiger charge is -2.48. The van der Waals surface area contributed by atoms with Gasteiger partial charge in [-0.2, -0.15) is 0 Å². The van der Waals surface area contributed by atoms with Crippen LogP contribution in [0.5, 0.6) is 0 Å². The third kappa shape index (κ3) is 5.08. The highest BCUT2D eigenvalue weighted by atomic mass is 35.5. The van der Waals surface area contributed by atoms with Crippen LogP contribution in [0.4, 0.5) is 0 Å². The van der Waals surface area contributed by atoms with Gasteiger partial charge in [0.15, 0.2) is 0 Å². The van der Waals surface area contributed by atoms with E-state index in [1.54, 1.807) is 0 Å². The summed E-state index contributed by atoms with van der Waals surface area (Å²) in [5, 5.41) is 3.11. The standard InChI is InChI=1S/C16H31N3O2.ClH/c1-2-6-14(17)15(20)18-13-16(7-11-21-12-8-16)19-9-4-3-5-10-19;/h14H,2-13,17H2,1H3,(H,18,20);1H. The fourth-order valence-corrected chi connectivity index (χ4v) is 3.55. The molecule has 0 aromatic carbocycles. The molecule has 22 heavy (non-hydrogen) atoms. The molecule has 0 spiro atoms. The van der Waals surface area contributed by atoms with Gasteiger partial charge < -0.3 is 15.8 Å². The van der Waals surface area contributed by atoms with Crippen LogP contribution in [-0.2, 0) is 9.53 Å². The van der Waals surface area contributed by atoms with Gasteiger partial charge in [-0.15, -0.1) is 12.4 Å². The second-order valence-corrected chi connectivity index (χ2v) is 6.50. The zero-order valence-electron chi connectivity index (χ0n) is 13.8. The number of halogens is 1. The van der Waals surface area contributed by atoms with Crippen LogP contribution in [0, 0.1) is 0 Å². The van der Waals surface area contributed by atoms with Crippen molar-refractivity contribution in [1.29, 1.82) is 0 Å². The van der Waals surface area contributed by atoms with Crippen molar-refractivity contribution in [2.24, 2.45) is 5.73 Å². The van der Waals surface area contributed by atoms with E-state index >= 15 is 0 Å². The molecule has 0 aromatic rings. The molecule has 2 fully saturated rings. The first-order chi connectivity index (χ1) is 10.2. The normalized spacial score (nSPS) is 23.4. The summed E-state index contributed by atoms with van der Waals surface area (Å²) in [6.07, 6.45) is 7.59. The summed E-state index contributed by atoms with van der Waals surface area (Å²) in [5.41, 5.74) is 6.00. The predicted octanol–water partition coefficient (Wildman–Crippen LogP) is 1.69. The molecule has 0 saturated carbocycles. The molecule has 2 heterocycles. The Kier molecular flexibility index (Phi) is 8.69. The quantitative estimate of drug-likeness (QED) is 0.776. The molecule has 1 atom stereocenters. The highest BCUT2D eigenvalue weighted by molar-refractivity contribution is 5.85. The smallest absolute Gasteiger partial charge is 0.236 e. The van der Waals surface area contributed by atoms with E-state index in [4.69, 9.17) is 10.5 Å². The van der Waals surface area contributed by atoms with Crippen LogP contribution in [0.25, 0.3) is 0 Å². The van der Waals surface area contributed by atoms with Gasteiger partial charge in [0.2, 0.25) is 5.91 Å². The van der Waals surface area contributed by atoms with Gasteiger partial charge in [0.1, 0.15) is 0 Å². The first-order valence-electron chi connectivity index (χ1n) is 8.54. The van der Waals surface area contributed by atoms with Gasteiger partial charge in [0.25, 0.3) is 0 Å². The molecule has 0 aliphatic carbocycles. The van der Waals surface area contributed by atoms with E-state index in [2.05, 4.69) is 17.1 Å². The average Bonchev–Trinajstić information content (AvgIpc) is 2.54. The third-order valence-electron chi connectivity index (χ3n) is 4.98. The monoisotopic (exact) mass is 333 g/mol. The van der Waals surface area contributed by atoms with Crippen molar-refractivity contribution in [2.45, 2.75) is 63.5 Å². The Bertz CT molecular complexity index is 329. The topological polar surface area (TPSA) is 67.6 Å². The summed E-state index contributed by atoms with van der Waals surface area (Å²) >= 11 is 0. The number of likely N-dealkylation sites (tertiary alicyclic amines) is 1. The maximum absolute atomic E-state index is 12.1. The summed E-state index contributed by atoms with van der Waals surface area (Å²) in [5.74, 6) is -0.000253. The molecule has 0 radical (unpaired) electrons. The van der Waals surface area contributed by atoms with Gasteiger partial charge in [-0.3, -0.25) is 9.69 Å². The first kappa shape index (κ1) is 19.7. The van der Waals surface area contributed by atoms with Crippen molar-refractivity contribution >= 4 is 18.3 Å². The number of amides is 1. The number of hydrogen-bond acceptors (Lipinski definition) is 4. The summed E-state index contributed by atoms with van der Waals surface area (Å²) in [6, 6.07) is -0.367. The van der Waals surface area contributed by atoms with Gasteiger partial charge in [-0.05, 0) is 45.2 Å². The van der Waals surface area contributed by atoms with Gasteiger partial charge in [-0.25, -0.2) is 0 Å². The molecule has 1 amide bonds. The van der Waals surface area contributed by atoms with E-state index in [0.29, 0.717) is 6.54 Å². The van der Waals surface area contributed by atoms with Crippen LogP contribution >= 0.6 is 12.4 Å². The molecule has 2 rings (SSSR count). The molecule has 1 unspecified atom stereocenters. The van der Waals surface area contributed by atoms with Gasteiger partial charge in [0, 0.05) is 25.3 Å². The molecule has 2 aliphatic rings. The Hall–Kier alpha value is -0.360. The fourth-order valence-electron chi connectivity index (χ4n) is 3.55. The number of carbonyl (C=O) groups excluding carboxylic acids is 1. The number of carbonyl (C=O) groups is 1. The zero-order valence-corrected chi connectivity index (χ0v) is 14.6. The Morgan fingerprint density at radius 2 is 1.91 bits per heavy atom. The molecular weight excluding hydrogens is 302 g/mol. The van der Waals surface area contributed by atoms with Crippen molar-refractivity contribution in [2.75, 3.05) is 32.8 Å². The molecular formula is C16H32ClN3O2. The fraction of sp³-hybridized carbons (Fsp3) is 0.938. The Labute approximate surface area is 140 Å². The highest BCUT2D eigenvalue weighted by Gasteiger charge is 2.39. The number of piperidine rings is 1. The van der Waals surface area contributed by atoms with Crippen LogP contribution in [0.15, 0.2) is 0 Å². The van der Waals surface area contributed by atoms with Crippen LogP contribution in [0.3, 0.4) is 0 Å². The molecule has 0 aromatic heterocycles. The lowest BCUT2D eigenvalue weighted by Crippen LogP contribution is -2.60. The first-order valence-corrected chi connectivity index (χ1v) is 8.54. The second kappa shape index (κ2) is 9.71. The molecule has 5 nitrogen and oxygen atoms in total. The lowest BCUT2D eigenvalue weighted by atomic mass is 9.86. The molecule has 6 heteroatoms. The van der Waals surface area contributed by atoms with Crippen molar-refractivity contribution < 1.29 is 9.53 Å². The Balaban J connectivity index is 0.00000242. The molecule has 2 saturated heterocycles. The Morgan fingerprint density at radius 1 is 1.27 bits per heavy atom. The summed E-state index contributed by atoms with van der Waals surface area (Å²) in [6.45, 7) is 6.67. The van der Waals surface area contributed by atoms with E-state index in [-0.39, 0.29) is 29.9 Å². The van der Waals surface area contributed by atoms with Gasteiger partial charge >= 0.3 is 0 Å². The van der Waals surface area contributed by atoms with Crippen molar-refractivity contribution in [3.05, 3.63) is 0 Å². The third-order valence-corrected chi connectivity index (χ3v) is 4.98. The molecule has 2 aliphatic heterocycles. The minimum Gasteiger partial charge on any atom is -0.381 e. The SMILES string of the molecule is CCCC(N)C(=O)NCC1(N2CCCCC2)CCOCC1.Cl. The van der Waals surface area contributed by atoms with E-state index < -0.39 is 0 Å². The van der Waals surface area contributed by atoms with Crippen molar-refractivity contribution in [3.8, 4) is 0 Å². The zero-order chi connectivity index (χ0) is 15.1. The lowest BCUT2D eigenvalue weighted by molar-refractivity contribution is -0.124. The predicted molar refractivity (Wildman–Crippen MR) is 91.3 cm³/mol. The van der Waals surface area contributed by atoms with Crippen molar-refractivity contribution in [3.63, 3.8) is 0 Å². The summed E-state index contributed by atoms with van der Waals surface area (Å²) in [7, 11) is 0. The number of nitrogens with zero attached hydrogens (tertiary/aromatic N) is 1. The van der Waals surface area contributed by atoms with Crippen LogP contribution in [-0.4, -0.2) is 55.2 Å². The maximum atomic E-state index is 12.1. The molecule has 130 valence electrons. The van der Waals surface area contributed by atoms with Gasteiger partial charge in [0.05, 0.1) is 6.04 Å². The maximum Gasteiger partial charge on any atom is 0.236 e. The number of ether oxygens (including phenoxy) is 1. The number of nitrogens with one attached hydrogen (secondary N) is 1. The second-order valence-electron chi connectivity index (χ2n) is 6.50. The van der Waals surface area contributed by atoms with E-state index in [1.807, 2.05) is 0 Å². The summed E-state index contributed by atoms with van der Waals surface area (Å²) in [4.78, 5) is 14.7. The van der Waals surface area contributed by atoms with Gasteiger partial charge in [-0.1, -0.05) is 19.8 Å². The summed E-state index contributed by atoms with van der Waals surface area (Å²) < 4.78 is 5.54. The van der Waals surface area contributed by atoms with E-state index in [1.165, 1.54) is 19.3 Å². The Morgan fingerprint density at radius 3 is 2.50 bits per heavy atom. The average molecular weight is 334 g/mol. The minimum atomic E-state index is -0.367. The minimum absolute atomic E-state index is 0.